The molecule has 30 heavy (non-hydrogen) atoms. The molecule has 2 aliphatic rings. The maximum atomic E-state index is 13.8. The smallest absolute Gasteiger partial charge is 0.174 e. The van der Waals surface area contributed by atoms with Crippen LogP contribution in [0.25, 0.3) is 0 Å². The van der Waals surface area contributed by atoms with Crippen molar-refractivity contribution in [3.05, 3.63) is 106 Å². The third-order valence-corrected chi connectivity index (χ3v) is 7.43. The number of ketones is 1. The summed E-state index contributed by atoms with van der Waals surface area (Å²) >= 11 is 6.38. The molecular weight excluding hydrogens is 390 g/mol. The van der Waals surface area contributed by atoms with Gasteiger partial charge >= 0.3 is 0 Å². The van der Waals surface area contributed by atoms with Crippen molar-refractivity contribution in [2.24, 2.45) is 5.92 Å². The van der Waals surface area contributed by atoms with Crippen molar-refractivity contribution < 1.29 is 4.79 Å². The lowest BCUT2D eigenvalue weighted by atomic mass is 9.64. The first-order valence-electron chi connectivity index (χ1n) is 10.8. The van der Waals surface area contributed by atoms with Gasteiger partial charge in [0.15, 0.2) is 5.78 Å². The second kappa shape index (κ2) is 8.02. The molecule has 3 aromatic rings. The van der Waals surface area contributed by atoms with Crippen LogP contribution in [0.5, 0.6) is 0 Å². The number of piperidine rings is 1. The molecule has 0 N–H and O–H groups in total. The number of Topliss-reactive ketones (excluding diaryl/α,β-unsaturated/α-hetero) is 1. The second-order valence-corrected chi connectivity index (χ2v) is 9.05. The Kier molecular flexibility index (Phi) is 5.22. The van der Waals surface area contributed by atoms with E-state index in [0.29, 0.717) is 11.7 Å². The number of likely N-dealkylation sites (tertiary alicyclic amines) is 1. The van der Waals surface area contributed by atoms with Gasteiger partial charge in [0.1, 0.15) is 0 Å². The van der Waals surface area contributed by atoms with Gasteiger partial charge in [-0.05, 0) is 61.0 Å². The van der Waals surface area contributed by atoms with E-state index in [4.69, 9.17) is 11.6 Å². The maximum absolute atomic E-state index is 13.8. The number of carbonyl (C=O) groups is 1. The SMILES string of the molecule is O=C1c2ccccc2CC1(c1ccccc1)C1CCN(Cc2ccccc2Cl)CC1. The molecule has 3 aromatic carbocycles. The summed E-state index contributed by atoms with van der Waals surface area (Å²) in [5.74, 6) is 0.663. The van der Waals surface area contributed by atoms with E-state index >= 15 is 0 Å². The van der Waals surface area contributed by atoms with Crippen LogP contribution in [0.1, 0.15) is 39.9 Å². The Labute approximate surface area is 183 Å². The van der Waals surface area contributed by atoms with Crippen molar-refractivity contribution >= 4 is 17.4 Å². The molecular formula is C27H26ClNO. The molecule has 0 aromatic heterocycles. The van der Waals surface area contributed by atoms with Crippen LogP contribution in [-0.4, -0.2) is 23.8 Å². The number of fused-ring (bicyclic) bond motifs is 1. The molecule has 0 radical (unpaired) electrons. The fourth-order valence-corrected chi connectivity index (χ4v) is 5.70. The molecule has 0 spiro atoms. The molecule has 1 fully saturated rings. The molecule has 1 atom stereocenters. The molecule has 1 aliphatic heterocycles. The zero-order chi connectivity index (χ0) is 20.6. The quantitative estimate of drug-likeness (QED) is 0.526. The molecule has 3 heteroatoms. The first-order valence-corrected chi connectivity index (χ1v) is 11.2. The molecule has 1 unspecified atom stereocenters. The number of hydrogen-bond acceptors (Lipinski definition) is 2. The first-order chi connectivity index (χ1) is 14.7. The average Bonchev–Trinajstić information content (AvgIpc) is 3.10. The van der Waals surface area contributed by atoms with Crippen LogP contribution in [0.3, 0.4) is 0 Å². The molecule has 1 heterocycles. The summed E-state index contributed by atoms with van der Waals surface area (Å²) in [6, 6.07) is 26.8. The first kappa shape index (κ1) is 19.5. The van der Waals surface area contributed by atoms with E-state index in [0.717, 1.165) is 49.5 Å². The predicted molar refractivity (Wildman–Crippen MR) is 122 cm³/mol. The third-order valence-electron chi connectivity index (χ3n) is 7.06. The highest BCUT2D eigenvalue weighted by Crippen LogP contribution is 2.48. The van der Waals surface area contributed by atoms with Crippen molar-refractivity contribution in [1.82, 2.24) is 4.90 Å². The summed E-state index contributed by atoms with van der Waals surface area (Å²) in [6.07, 6.45) is 2.87. The van der Waals surface area contributed by atoms with E-state index in [1.807, 2.05) is 36.4 Å². The average molecular weight is 416 g/mol. The third kappa shape index (κ3) is 3.29. The van der Waals surface area contributed by atoms with E-state index in [1.165, 1.54) is 16.7 Å². The normalized spacial score (nSPS) is 22.2. The molecule has 1 saturated heterocycles. The molecule has 152 valence electrons. The Morgan fingerprint density at radius 1 is 0.867 bits per heavy atom. The van der Waals surface area contributed by atoms with E-state index in [1.54, 1.807) is 0 Å². The fourth-order valence-electron chi connectivity index (χ4n) is 5.50. The Morgan fingerprint density at radius 2 is 1.53 bits per heavy atom. The van der Waals surface area contributed by atoms with Gasteiger partial charge in [0.05, 0.1) is 5.41 Å². The largest absolute Gasteiger partial charge is 0.299 e. The van der Waals surface area contributed by atoms with Crippen molar-refractivity contribution in [2.45, 2.75) is 31.2 Å². The van der Waals surface area contributed by atoms with E-state index in [-0.39, 0.29) is 0 Å². The standard InChI is InChI=1S/C27H26ClNO/c28-25-13-7-5-9-21(25)19-29-16-14-23(15-17-29)27(22-10-2-1-3-11-22)18-20-8-4-6-12-24(20)26(27)30/h1-13,23H,14-19H2. The minimum atomic E-state index is -0.429. The van der Waals surface area contributed by atoms with Crippen LogP contribution < -0.4 is 0 Å². The lowest BCUT2D eigenvalue weighted by molar-refractivity contribution is 0.0735. The summed E-state index contributed by atoms with van der Waals surface area (Å²) in [7, 11) is 0. The van der Waals surface area contributed by atoms with Gasteiger partial charge in [-0.1, -0.05) is 84.4 Å². The number of nitrogens with zero attached hydrogens (tertiary/aromatic N) is 1. The van der Waals surface area contributed by atoms with Crippen LogP contribution in [0.2, 0.25) is 5.02 Å². The van der Waals surface area contributed by atoms with Gasteiger partial charge in [-0.3, -0.25) is 9.69 Å². The van der Waals surface area contributed by atoms with Gasteiger partial charge in [-0.25, -0.2) is 0 Å². The van der Waals surface area contributed by atoms with Gasteiger partial charge in [-0.15, -0.1) is 0 Å². The summed E-state index contributed by atoms with van der Waals surface area (Å²) in [6.45, 7) is 2.86. The summed E-state index contributed by atoms with van der Waals surface area (Å²) < 4.78 is 0. The van der Waals surface area contributed by atoms with Crippen molar-refractivity contribution in [1.29, 1.82) is 0 Å². The Hall–Kier alpha value is -2.42. The van der Waals surface area contributed by atoms with Gasteiger partial charge in [0.2, 0.25) is 0 Å². The molecule has 0 saturated carbocycles. The number of halogens is 1. The molecule has 2 nitrogen and oxygen atoms in total. The number of rotatable bonds is 4. The van der Waals surface area contributed by atoms with Crippen LogP contribution in [0.15, 0.2) is 78.9 Å². The monoisotopic (exact) mass is 415 g/mol. The van der Waals surface area contributed by atoms with Crippen LogP contribution in [0.4, 0.5) is 0 Å². The number of carbonyl (C=O) groups excluding carboxylic acids is 1. The number of hydrogen-bond donors (Lipinski definition) is 0. The topological polar surface area (TPSA) is 20.3 Å². The maximum Gasteiger partial charge on any atom is 0.174 e. The minimum Gasteiger partial charge on any atom is -0.299 e. The highest BCUT2D eigenvalue weighted by Gasteiger charge is 2.52. The predicted octanol–water partition coefficient (Wildman–Crippen LogP) is 5.93. The zero-order valence-corrected chi connectivity index (χ0v) is 17.8. The van der Waals surface area contributed by atoms with Gasteiger partial charge in [0, 0.05) is 17.1 Å². The minimum absolute atomic E-state index is 0.314. The van der Waals surface area contributed by atoms with Crippen LogP contribution in [-0.2, 0) is 18.4 Å². The Balaban J connectivity index is 1.41. The van der Waals surface area contributed by atoms with Gasteiger partial charge < -0.3 is 0 Å². The van der Waals surface area contributed by atoms with Gasteiger partial charge in [-0.2, -0.15) is 0 Å². The molecule has 1 aliphatic carbocycles. The fraction of sp³-hybridized carbons (Fsp3) is 0.296. The highest BCUT2D eigenvalue weighted by atomic mass is 35.5. The zero-order valence-electron chi connectivity index (χ0n) is 17.1. The summed E-state index contributed by atoms with van der Waals surface area (Å²) in [5.41, 5.74) is 4.04. The van der Waals surface area contributed by atoms with Crippen LogP contribution >= 0.6 is 11.6 Å². The van der Waals surface area contributed by atoms with E-state index in [2.05, 4.69) is 47.4 Å². The van der Waals surface area contributed by atoms with Crippen molar-refractivity contribution in [3.8, 4) is 0 Å². The molecule has 5 rings (SSSR count). The van der Waals surface area contributed by atoms with Gasteiger partial charge in [0.25, 0.3) is 0 Å². The van der Waals surface area contributed by atoms with E-state index < -0.39 is 5.41 Å². The second-order valence-electron chi connectivity index (χ2n) is 8.64. The molecule has 0 bridgehead atoms. The summed E-state index contributed by atoms with van der Waals surface area (Å²) in [5, 5.41) is 0.835. The van der Waals surface area contributed by atoms with E-state index in [9.17, 15) is 4.79 Å². The number of benzene rings is 3. The lowest BCUT2D eigenvalue weighted by Crippen LogP contribution is -2.47. The summed E-state index contributed by atoms with van der Waals surface area (Å²) in [4.78, 5) is 16.3. The lowest BCUT2D eigenvalue weighted by Gasteiger charge is -2.42. The van der Waals surface area contributed by atoms with Crippen LogP contribution in [0, 0.1) is 5.92 Å². The highest BCUT2D eigenvalue weighted by molar-refractivity contribution is 6.31. The Morgan fingerprint density at radius 3 is 2.27 bits per heavy atom. The molecule has 0 amide bonds. The van der Waals surface area contributed by atoms with Crippen molar-refractivity contribution in [3.63, 3.8) is 0 Å². The Bertz CT molecular complexity index is 1060. The van der Waals surface area contributed by atoms with Crippen molar-refractivity contribution in [2.75, 3.05) is 13.1 Å².